The van der Waals surface area contributed by atoms with Gasteiger partial charge in [-0.1, -0.05) is 33.6 Å². The van der Waals surface area contributed by atoms with Crippen molar-refractivity contribution in [1.82, 2.24) is 0 Å². The molecule has 18 heavy (non-hydrogen) atoms. The van der Waals surface area contributed by atoms with Crippen LogP contribution in [0.2, 0.25) is 5.02 Å². The van der Waals surface area contributed by atoms with E-state index in [4.69, 9.17) is 17.3 Å². The summed E-state index contributed by atoms with van der Waals surface area (Å²) in [6.07, 6.45) is 0. The molecule has 2 rings (SSSR count). The second-order valence-electron chi connectivity index (χ2n) is 4.18. The third kappa shape index (κ3) is 2.91. The lowest BCUT2D eigenvalue weighted by Crippen LogP contribution is -2.13. The molecule has 94 valence electrons. The molecule has 0 amide bonds. The molecule has 4 heteroatoms. The quantitative estimate of drug-likeness (QED) is 0.856. The van der Waals surface area contributed by atoms with Crippen molar-refractivity contribution in [3.63, 3.8) is 0 Å². The lowest BCUT2D eigenvalue weighted by Gasteiger charge is -2.16. The predicted molar refractivity (Wildman–Crippen MR) is 76.3 cm³/mol. The summed E-state index contributed by atoms with van der Waals surface area (Å²) < 4.78 is 14.1. The molecule has 1 atom stereocenters. The van der Waals surface area contributed by atoms with E-state index in [0.717, 1.165) is 21.2 Å². The highest BCUT2D eigenvalue weighted by Gasteiger charge is 2.13. The lowest BCUT2D eigenvalue weighted by molar-refractivity contribution is 0.622. The fraction of sp³-hybridized carbons (Fsp3) is 0.143. The summed E-state index contributed by atoms with van der Waals surface area (Å²) in [5, 5.41) is 0.601. The molecule has 0 heterocycles. The van der Waals surface area contributed by atoms with Gasteiger partial charge in [-0.3, -0.25) is 0 Å². The molecular formula is C14H12BrClFN. The van der Waals surface area contributed by atoms with Crippen molar-refractivity contribution in [2.75, 3.05) is 0 Å². The molecule has 2 N–H and O–H groups in total. The van der Waals surface area contributed by atoms with Crippen LogP contribution in [0.1, 0.15) is 22.7 Å². The highest BCUT2D eigenvalue weighted by Crippen LogP contribution is 2.28. The average molecular weight is 329 g/mol. The molecule has 2 aromatic carbocycles. The maximum absolute atomic E-state index is 13.3. The SMILES string of the molecule is Cc1ccc(F)cc1C(N)c1cc(Cl)cc(Br)c1. The smallest absolute Gasteiger partial charge is 0.123 e. The van der Waals surface area contributed by atoms with Crippen LogP contribution >= 0.6 is 27.5 Å². The zero-order chi connectivity index (χ0) is 13.3. The summed E-state index contributed by atoms with van der Waals surface area (Å²) in [7, 11) is 0. The molecule has 0 aliphatic rings. The van der Waals surface area contributed by atoms with Crippen molar-refractivity contribution < 1.29 is 4.39 Å². The van der Waals surface area contributed by atoms with Crippen LogP contribution in [0.15, 0.2) is 40.9 Å². The van der Waals surface area contributed by atoms with Crippen LogP contribution in [0.25, 0.3) is 0 Å². The minimum absolute atomic E-state index is 0.285. The summed E-state index contributed by atoms with van der Waals surface area (Å²) >= 11 is 9.37. The van der Waals surface area contributed by atoms with E-state index in [2.05, 4.69) is 15.9 Å². The van der Waals surface area contributed by atoms with Gasteiger partial charge >= 0.3 is 0 Å². The molecule has 1 nitrogen and oxygen atoms in total. The van der Waals surface area contributed by atoms with E-state index in [1.54, 1.807) is 18.2 Å². The summed E-state index contributed by atoms with van der Waals surface area (Å²) in [5.41, 5.74) is 8.75. The van der Waals surface area contributed by atoms with Crippen LogP contribution in [-0.2, 0) is 0 Å². The Balaban J connectivity index is 2.47. The number of hydrogen-bond donors (Lipinski definition) is 1. The van der Waals surface area contributed by atoms with E-state index in [0.29, 0.717) is 5.02 Å². The number of hydrogen-bond acceptors (Lipinski definition) is 1. The first-order chi connectivity index (χ1) is 8.47. The number of benzene rings is 2. The number of nitrogens with two attached hydrogens (primary N) is 1. The Morgan fingerprint density at radius 2 is 1.94 bits per heavy atom. The van der Waals surface area contributed by atoms with E-state index in [1.165, 1.54) is 12.1 Å². The van der Waals surface area contributed by atoms with Gasteiger partial charge in [0.15, 0.2) is 0 Å². The van der Waals surface area contributed by atoms with E-state index in [1.807, 2.05) is 13.0 Å². The van der Waals surface area contributed by atoms with Gasteiger partial charge in [0.2, 0.25) is 0 Å². The lowest BCUT2D eigenvalue weighted by atomic mass is 9.96. The maximum atomic E-state index is 13.3. The molecule has 0 fully saturated rings. The van der Waals surface area contributed by atoms with Crippen molar-refractivity contribution in [3.8, 4) is 0 Å². The van der Waals surface area contributed by atoms with Crippen LogP contribution in [0.5, 0.6) is 0 Å². The first-order valence-corrected chi connectivity index (χ1v) is 6.62. The minimum Gasteiger partial charge on any atom is -0.320 e. The van der Waals surface area contributed by atoms with Gasteiger partial charge in [-0.05, 0) is 53.9 Å². The van der Waals surface area contributed by atoms with Crippen molar-refractivity contribution in [2.24, 2.45) is 5.73 Å². The number of halogens is 3. The van der Waals surface area contributed by atoms with Crippen molar-refractivity contribution in [1.29, 1.82) is 0 Å². The molecule has 0 aromatic heterocycles. The van der Waals surface area contributed by atoms with Crippen LogP contribution in [0.3, 0.4) is 0 Å². The van der Waals surface area contributed by atoms with Gasteiger partial charge in [-0.25, -0.2) is 4.39 Å². The average Bonchev–Trinajstić information content (AvgIpc) is 2.30. The fourth-order valence-corrected chi connectivity index (χ4v) is 2.77. The van der Waals surface area contributed by atoms with E-state index in [-0.39, 0.29) is 5.82 Å². The van der Waals surface area contributed by atoms with Crippen molar-refractivity contribution in [2.45, 2.75) is 13.0 Å². The third-order valence-corrected chi connectivity index (χ3v) is 3.50. The second-order valence-corrected chi connectivity index (χ2v) is 5.53. The Labute approximate surface area is 119 Å². The summed E-state index contributed by atoms with van der Waals surface area (Å²) in [4.78, 5) is 0. The molecule has 0 aliphatic carbocycles. The Kier molecular flexibility index (Phi) is 4.05. The molecule has 0 radical (unpaired) electrons. The monoisotopic (exact) mass is 327 g/mol. The van der Waals surface area contributed by atoms with E-state index < -0.39 is 6.04 Å². The zero-order valence-corrected chi connectivity index (χ0v) is 12.1. The standard InChI is InChI=1S/C14H12BrClFN/c1-8-2-3-12(17)7-13(8)14(18)9-4-10(15)6-11(16)5-9/h2-7,14H,18H2,1H3. The van der Waals surface area contributed by atoms with Crippen LogP contribution in [-0.4, -0.2) is 0 Å². The molecule has 0 saturated heterocycles. The van der Waals surface area contributed by atoms with Gasteiger partial charge in [-0.2, -0.15) is 0 Å². The second kappa shape index (κ2) is 5.39. The van der Waals surface area contributed by atoms with Crippen LogP contribution in [0, 0.1) is 12.7 Å². The number of rotatable bonds is 2. The summed E-state index contributed by atoms with van der Waals surface area (Å²) in [5.74, 6) is -0.285. The first kappa shape index (κ1) is 13.5. The van der Waals surface area contributed by atoms with Gasteiger partial charge in [0.25, 0.3) is 0 Å². The van der Waals surface area contributed by atoms with Crippen molar-refractivity contribution in [3.05, 3.63) is 68.4 Å². The molecule has 0 bridgehead atoms. The Hall–Kier alpha value is -0.900. The Bertz CT molecular complexity index is 566. The first-order valence-electron chi connectivity index (χ1n) is 5.45. The third-order valence-electron chi connectivity index (χ3n) is 2.82. The number of aryl methyl sites for hydroxylation is 1. The molecule has 0 spiro atoms. The normalized spacial score (nSPS) is 12.5. The summed E-state index contributed by atoms with van der Waals surface area (Å²) in [6, 6.07) is 9.70. The molecule has 0 saturated carbocycles. The van der Waals surface area contributed by atoms with Crippen molar-refractivity contribution >= 4 is 27.5 Å². The predicted octanol–water partition coefficient (Wildman–Crippen LogP) is 4.60. The molecule has 0 aliphatic heterocycles. The maximum Gasteiger partial charge on any atom is 0.123 e. The van der Waals surface area contributed by atoms with Gasteiger partial charge in [-0.15, -0.1) is 0 Å². The largest absolute Gasteiger partial charge is 0.320 e. The zero-order valence-electron chi connectivity index (χ0n) is 9.75. The van der Waals surface area contributed by atoms with Crippen LogP contribution < -0.4 is 5.73 Å². The highest BCUT2D eigenvalue weighted by molar-refractivity contribution is 9.10. The van der Waals surface area contributed by atoms with Gasteiger partial charge < -0.3 is 5.73 Å². The fourth-order valence-electron chi connectivity index (χ4n) is 1.88. The summed E-state index contributed by atoms with van der Waals surface area (Å²) in [6.45, 7) is 1.91. The topological polar surface area (TPSA) is 26.0 Å². The molecule has 1 unspecified atom stereocenters. The molecular weight excluding hydrogens is 317 g/mol. The van der Waals surface area contributed by atoms with E-state index >= 15 is 0 Å². The van der Waals surface area contributed by atoms with E-state index in [9.17, 15) is 4.39 Å². The van der Waals surface area contributed by atoms with Gasteiger partial charge in [0.05, 0.1) is 6.04 Å². The highest BCUT2D eigenvalue weighted by atomic mass is 79.9. The van der Waals surface area contributed by atoms with Gasteiger partial charge in [0.1, 0.15) is 5.82 Å². The Morgan fingerprint density at radius 3 is 2.61 bits per heavy atom. The van der Waals surface area contributed by atoms with Crippen LogP contribution in [0.4, 0.5) is 4.39 Å². The minimum atomic E-state index is -0.393. The van der Waals surface area contributed by atoms with Gasteiger partial charge in [0, 0.05) is 9.50 Å². The molecule has 2 aromatic rings. The Morgan fingerprint density at radius 1 is 1.22 bits per heavy atom.